The zero-order valence-electron chi connectivity index (χ0n) is 12.5. The summed E-state index contributed by atoms with van der Waals surface area (Å²) in [7, 11) is 3.67. The highest BCUT2D eigenvalue weighted by Gasteiger charge is 2.23. The molecule has 4 nitrogen and oxygen atoms in total. The Hall–Kier alpha value is -1.17. The fourth-order valence-corrected chi connectivity index (χ4v) is 2.49. The van der Waals surface area contributed by atoms with E-state index >= 15 is 0 Å². The van der Waals surface area contributed by atoms with Gasteiger partial charge in [-0.05, 0) is 19.5 Å². The number of carbonyl (C=O) groups is 1. The fourth-order valence-electron chi connectivity index (χ4n) is 2.49. The molecule has 2 rings (SSSR count). The Labute approximate surface area is 131 Å². The van der Waals surface area contributed by atoms with E-state index in [9.17, 15) is 9.18 Å². The highest BCUT2D eigenvalue weighted by molar-refractivity contribution is 5.85. The summed E-state index contributed by atoms with van der Waals surface area (Å²) in [6.45, 7) is 2.55. The standard InChI is InChI=1S/C15H22FN3O.ClH/c1-17-13-7-8-19(10-13)11-15(20)18(2)9-12-5-3-4-6-14(12)16;/h3-6,13,17H,7-11H2,1-2H3;1H. The van der Waals surface area contributed by atoms with Gasteiger partial charge in [-0.3, -0.25) is 9.69 Å². The van der Waals surface area contributed by atoms with Gasteiger partial charge in [0.15, 0.2) is 0 Å². The Balaban J connectivity index is 0.00000220. The summed E-state index contributed by atoms with van der Waals surface area (Å²) in [5, 5.41) is 3.23. The molecule has 6 heteroatoms. The maximum atomic E-state index is 13.6. The minimum atomic E-state index is -0.261. The lowest BCUT2D eigenvalue weighted by molar-refractivity contribution is -0.131. The maximum absolute atomic E-state index is 13.6. The quantitative estimate of drug-likeness (QED) is 0.894. The van der Waals surface area contributed by atoms with E-state index in [0.717, 1.165) is 19.5 Å². The second kappa shape index (κ2) is 8.32. The van der Waals surface area contributed by atoms with Gasteiger partial charge in [0.1, 0.15) is 5.82 Å². The molecule has 1 heterocycles. The molecule has 1 unspecified atom stereocenters. The van der Waals surface area contributed by atoms with E-state index in [2.05, 4.69) is 10.2 Å². The first kappa shape index (κ1) is 17.9. The van der Waals surface area contributed by atoms with Crippen LogP contribution in [-0.4, -0.2) is 55.5 Å². The molecule has 1 aliphatic heterocycles. The molecule has 1 N–H and O–H groups in total. The summed E-state index contributed by atoms with van der Waals surface area (Å²) in [6, 6.07) is 7.05. The third kappa shape index (κ3) is 4.95. The fraction of sp³-hybridized carbons (Fsp3) is 0.533. The van der Waals surface area contributed by atoms with Crippen molar-refractivity contribution in [2.75, 3.05) is 33.7 Å². The minimum Gasteiger partial charge on any atom is -0.340 e. The minimum absolute atomic E-state index is 0. The molecule has 0 aliphatic carbocycles. The van der Waals surface area contributed by atoms with Gasteiger partial charge in [-0.1, -0.05) is 18.2 Å². The average molecular weight is 316 g/mol. The summed E-state index contributed by atoms with van der Waals surface area (Å²) in [4.78, 5) is 15.9. The highest BCUT2D eigenvalue weighted by Crippen LogP contribution is 2.11. The molecule has 1 aliphatic rings. The summed E-state index contributed by atoms with van der Waals surface area (Å²) in [5.41, 5.74) is 0.554. The van der Waals surface area contributed by atoms with Crippen LogP contribution in [0.4, 0.5) is 4.39 Å². The Morgan fingerprint density at radius 3 is 2.81 bits per heavy atom. The summed E-state index contributed by atoms with van der Waals surface area (Å²) >= 11 is 0. The van der Waals surface area contributed by atoms with Crippen molar-refractivity contribution in [2.24, 2.45) is 0 Å². The number of hydrogen-bond donors (Lipinski definition) is 1. The zero-order chi connectivity index (χ0) is 14.5. The molecular weight excluding hydrogens is 293 g/mol. The van der Waals surface area contributed by atoms with Gasteiger partial charge in [-0.2, -0.15) is 0 Å². The van der Waals surface area contributed by atoms with E-state index in [1.807, 2.05) is 7.05 Å². The Morgan fingerprint density at radius 2 is 2.19 bits per heavy atom. The molecule has 1 fully saturated rings. The van der Waals surface area contributed by atoms with Crippen molar-refractivity contribution in [1.82, 2.24) is 15.1 Å². The van der Waals surface area contributed by atoms with Crippen molar-refractivity contribution in [1.29, 1.82) is 0 Å². The Morgan fingerprint density at radius 1 is 1.48 bits per heavy atom. The summed E-state index contributed by atoms with van der Waals surface area (Å²) < 4.78 is 13.6. The van der Waals surface area contributed by atoms with E-state index in [-0.39, 0.29) is 24.1 Å². The summed E-state index contributed by atoms with van der Waals surface area (Å²) in [6.07, 6.45) is 1.07. The molecule has 1 atom stereocenters. The van der Waals surface area contributed by atoms with Gasteiger partial charge in [0.2, 0.25) is 5.91 Å². The lowest BCUT2D eigenvalue weighted by atomic mass is 10.2. The van der Waals surface area contributed by atoms with Gasteiger partial charge < -0.3 is 10.2 Å². The van der Waals surface area contributed by atoms with E-state index < -0.39 is 0 Å². The number of nitrogens with one attached hydrogen (secondary N) is 1. The Bertz CT molecular complexity index is 472. The number of nitrogens with zero attached hydrogens (tertiary/aromatic N) is 2. The first-order valence-corrected chi connectivity index (χ1v) is 6.97. The van der Waals surface area contributed by atoms with Gasteiger partial charge in [0.25, 0.3) is 0 Å². The molecule has 0 radical (unpaired) electrons. The number of hydrogen-bond acceptors (Lipinski definition) is 3. The third-order valence-electron chi connectivity index (χ3n) is 3.83. The molecule has 1 aromatic carbocycles. The van der Waals surface area contributed by atoms with Crippen LogP contribution in [0.2, 0.25) is 0 Å². The molecule has 0 aromatic heterocycles. The van der Waals surface area contributed by atoms with E-state index in [4.69, 9.17) is 0 Å². The molecule has 0 saturated carbocycles. The van der Waals surface area contributed by atoms with Crippen molar-refractivity contribution in [3.05, 3.63) is 35.6 Å². The van der Waals surface area contributed by atoms with Gasteiger partial charge in [0.05, 0.1) is 6.54 Å². The van der Waals surface area contributed by atoms with E-state index in [1.165, 1.54) is 6.07 Å². The van der Waals surface area contributed by atoms with Crippen LogP contribution in [0.5, 0.6) is 0 Å². The second-order valence-electron chi connectivity index (χ2n) is 5.35. The van der Waals surface area contributed by atoms with Crippen LogP contribution in [-0.2, 0) is 11.3 Å². The Kier molecular flexibility index (Phi) is 7.08. The van der Waals surface area contributed by atoms with Crippen LogP contribution >= 0.6 is 12.4 Å². The largest absolute Gasteiger partial charge is 0.340 e. The van der Waals surface area contributed by atoms with Crippen LogP contribution < -0.4 is 5.32 Å². The van der Waals surface area contributed by atoms with Crippen molar-refractivity contribution in [3.8, 4) is 0 Å². The van der Waals surface area contributed by atoms with Gasteiger partial charge in [0, 0.05) is 38.3 Å². The smallest absolute Gasteiger partial charge is 0.236 e. The number of halogens is 2. The molecule has 0 bridgehead atoms. The zero-order valence-corrected chi connectivity index (χ0v) is 13.3. The van der Waals surface area contributed by atoms with Gasteiger partial charge in [-0.25, -0.2) is 4.39 Å². The van der Waals surface area contributed by atoms with Crippen molar-refractivity contribution < 1.29 is 9.18 Å². The first-order chi connectivity index (χ1) is 9.60. The SMILES string of the molecule is CNC1CCN(CC(=O)N(C)Cc2ccccc2F)C1.Cl. The highest BCUT2D eigenvalue weighted by atomic mass is 35.5. The number of amides is 1. The topological polar surface area (TPSA) is 35.6 Å². The predicted octanol–water partition coefficient (Wildman–Crippen LogP) is 1.50. The summed E-state index contributed by atoms with van der Waals surface area (Å²) in [5.74, 6) is -0.228. The molecular formula is C15H23ClFN3O. The van der Waals surface area contributed by atoms with Crippen LogP contribution in [0.25, 0.3) is 0 Å². The number of likely N-dealkylation sites (N-methyl/N-ethyl adjacent to an activating group) is 2. The molecule has 1 amide bonds. The van der Waals surface area contributed by atoms with Crippen LogP contribution in [0.1, 0.15) is 12.0 Å². The van der Waals surface area contributed by atoms with E-state index in [0.29, 0.717) is 24.7 Å². The number of carbonyl (C=O) groups excluding carboxylic acids is 1. The normalized spacial score (nSPS) is 18.3. The second-order valence-corrected chi connectivity index (χ2v) is 5.35. The average Bonchev–Trinajstić information content (AvgIpc) is 2.89. The maximum Gasteiger partial charge on any atom is 0.236 e. The van der Waals surface area contributed by atoms with Crippen molar-refractivity contribution >= 4 is 18.3 Å². The first-order valence-electron chi connectivity index (χ1n) is 6.97. The third-order valence-corrected chi connectivity index (χ3v) is 3.83. The number of rotatable bonds is 5. The van der Waals surface area contributed by atoms with E-state index in [1.54, 1.807) is 30.1 Å². The van der Waals surface area contributed by atoms with Crippen molar-refractivity contribution in [3.63, 3.8) is 0 Å². The molecule has 118 valence electrons. The van der Waals surface area contributed by atoms with Gasteiger partial charge >= 0.3 is 0 Å². The van der Waals surface area contributed by atoms with Gasteiger partial charge in [-0.15, -0.1) is 12.4 Å². The van der Waals surface area contributed by atoms with Crippen LogP contribution in [0.15, 0.2) is 24.3 Å². The molecule has 21 heavy (non-hydrogen) atoms. The molecule has 0 spiro atoms. The van der Waals surface area contributed by atoms with Crippen LogP contribution in [0.3, 0.4) is 0 Å². The van der Waals surface area contributed by atoms with Crippen molar-refractivity contribution in [2.45, 2.75) is 19.0 Å². The lowest BCUT2D eigenvalue weighted by Crippen LogP contribution is -2.38. The molecule has 1 saturated heterocycles. The van der Waals surface area contributed by atoms with Crippen LogP contribution in [0, 0.1) is 5.82 Å². The lowest BCUT2D eigenvalue weighted by Gasteiger charge is -2.22. The monoisotopic (exact) mass is 315 g/mol. The number of benzene rings is 1. The number of likely N-dealkylation sites (tertiary alicyclic amines) is 1. The predicted molar refractivity (Wildman–Crippen MR) is 84.0 cm³/mol. The molecule has 1 aromatic rings.